The molecule has 1 aliphatic rings. The molecule has 8 nitrogen and oxygen atoms in total. The number of aromatic nitrogens is 4. The maximum absolute atomic E-state index is 12.3. The predicted octanol–water partition coefficient (Wildman–Crippen LogP) is 0.601. The van der Waals surface area contributed by atoms with E-state index in [4.69, 9.17) is 5.73 Å². The molecule has 3 rings (SSSR count). The summed E-state index contributed by atoms with van der Waals surface area (Å²) < 4.78 is 0. The van der Waals surface area contributed by atoms with E-state index in [1.807, 2.05) is 24.9 Å². The molecular weight excluding hydrogens is 314 g/mol. The minimum absolute atomic E-state index is 0.117. The standard InChI is InChI=1S/C14H19N7OS/c1-14(2,15)6-16-13(22)9-5-21(3-4-23-9)12-10-11(18-7-17-10)19-8-20-12/h5,7-8H,3-4,6,15H2,1-2H3,(H,16,22)(H,17,18,19,20). The highest BCUT2D eigenvalue weighted by Gasteiger charge is 2.22. The van der Waals surface area contributed by atoms with Gasteiger partial charge in [0.05, 0.1) is 11.2 Å². The molecular formula is C14H19N7OS. The molecule has 4 N–H and O–H groups in total. The lowest BCUT2D eigenvalue weighted by Gasteiger charge is -2.26. The summed E-state index contributed by atoms with van der Waals surface area (Å²) in [7, 11) is 0. The molecule has 3 heterocycles. The molecule has 0 saturated carbocycles. The van der Waals surface area contributed by atoms with Crippen LogP contribution in [0.1, 0.15) is 13.8 Å². The first-order valence-electron chi connectivity index (χ1n) is 7.26. The van der Waals surface area contributed by atoms with Gasteiger partial charge in [0.15, 0.2) is 11.5 Å². The van der Waals surface area contributed by atoms with E-state index in [-0.39, 0.29) is 5.91 Å². The van der Waals surface area contributed by atoms with Gasteiger partial charge in [-0.2, -0.15) is 0 Å². The molecule has 2 aromatic heterocycles. The fourth-order valence-corrected chi connectivity index (χ4v) is 3.07. The molecule has 1 aliphatic heterocycles. The van der Waals surface area contributed by atoms with E-state index in [9.17, 15) is 4.79 Å². The number of fused-ring (bicyclic) bond motifs is 1. The van der Waals surface area contributed by atoms with E-state index in [0.717, 1.165) is 23.6 Å². The topological polar surface area (TPSA) is 113 Å². The number of thioether (sulfide) groups is 1. The third-order valence-corrected chi connectivity index (χ3v) is 4.25. The zero-order valence-corrected chi connectivity index (χ0v) is 13.9. The second-order valence-corrected chi connectivity index (χ2v) is 7.14. The van der Waals surface area contributed by atoms with Crippen LogP contribution in [0, 0.1) is 0 Å². The van der Waals surface area contributed by atoms with Crippen LogP contribution in [0.5, 0.6) is 0 Å². The molecule has 0 saturated heterocycles. The Hall–Kier alpha value is -2.13. The number of nitrogens with two attached hydrogens (primary N) is 1. The Kier molecular flexibility index (Phi) is 4.22. The van der Waals surface area contributed by atoms with Crippen molar-refractivity contribution in [1.82, 2.24) is 25.3 Å². The number of imidazole rings is 1. The molecule has 0 unspecified atom stereocenters. The predicted molar refractivity (Wildman–Crippen MR) is 90.8 cm³/mol. The maximum atomic E-state index is 12.3. The van der Waals surface area contributed by atoms with E-state index < -0.39 is 5.54 Å². The smallest absolute Gasteiger partial charge is 0.259 e. The van der Waals surface area contributed by atoms with Crippen molar-refractivity contribution in [3.05, 3.63) is 23.8 Å². The number of hydrogen-bond donors (Lipinski definition) is 3. The summed E-state index contributed by atoms with van der Waals surface area (Å²) in [6, 6.07) is 0. The van der Waals surface area contributed by atoms with Crippen LogP contribution in [-0.4, -0.2) is 50.2 Å². The lowest BCUT2D eigenvalue weighted by molar-refractivity contribution is -0.117. The Labute approximate surface area is 138 Å². The summed E-state index contributed by atoms with van der Waals surface area (Å²) in [5, 5.41) is 2.86. The molecule has 0 aromatic carbocycles. The third kappa shape index (κ3) is 3.62. The average Bonchev–Trinajstić information content (AvgIpc) is 3.00. The number of aromatic amines is 1. The highest BCUT2D eigenvalue weighted by molar-refractivity contribution is 8.04. The number of carbonyl (C=O) groups is 1. The zero-order valence-electron chi connectivity index (χ0n) is 13.0. The minimum Gasteiger partial charge on any atom is -0.350 e. The molecule has 0 radical (unpaired) electrons. The van der Waals surface area contributed by atoms with Crippen LogP contribution in [0.3, 0.4) is 0 Å². The first kappa shape index (κ1) is 15.8. The lowest BCUT2D eigenvalue weighted by atomic mass is 10.1. The van der Waals surface area contributed by atoms with Crippen molar-refractivity contribution in [3.8, 4) is 0 Å². The summed E-state index contributed by atoms with van der Waals surface area (Å²) >= 11 is 1.53. The summed E-state index contributed by atoms with van der Waals surface area (Å²) in [6.45, 7) is 4.92. The first-order valence-corrected chi connectivity index (χ1v) is 8.25. The van der Waals surface area contributed by atoms with Crippen molar-refractivity contribution in [2.24, 2.45) is 5.73 Å². The monoisotopic (exact) mass is 333 g/mol. The zero-order chi connectivity index (χ0) is 16.4. The summed E-state index contributed by atoms with van der Waals surface area (Å²) in [5.41, 5.74) is 6.83. The summed E-state index contributed by atoms with van der Waals surface area (Å²) in [6.07, 6.45) is 4.88. The van der Waals surface area contributed by atoms with Gasteiger partial charge in [-0.05, 0) is 13.8 Å². The van der Waals surface area contributed by atoms with Crippen molar-refractivity contribution >= 4 is 34.7 Å². The second-order valence-electron chi connectivity index (χ2n) is 6.00. The van der Waals surface area contributed by atoms with E-state index in [1.54, 1.807) is 6.33 Å². The van der Waals surface area contributed by atoms with Gasteiger partial charge in [-0.25, -0.2) is 15.0 Å². The van der Waals surface area contributed by atoms with Crippen LogP contribution in [0.2, 0.25) is 0 Å². The van der Waals surface area contributed by atoms with Crippen LogP contribution in [0.4, 0.5) is 5.82 Å². The summed E-state index contributed by atoms with van der Waals surface area (Å²) in [4.78, 5) is 30.5. The second kappa shape index (κ2) is 6.17. The average molecular weight is 333 g/mol. The fraction of sp³-hybridized carbons (Fsp3) is 0.429. The van der Waals surface area contributed by atoms with E-state index in [2.05, 4.69) is 25.3 Å². The highest BCUT2D eigenvalue weighted by Crippen LogP contribution is 2.27. The van der Waals surface area contributed by atoms with Gasteiger partial charge in [0.1, 0.15) is 11.8 Å². The van der Waals surface area contributed by atoms with Gasteiger partial charge < -0.3 is 20.9 Å². The molecule has 0 fully saturated rings. The van der Waals surface area contributed by atoms with Gasteiger partial charge in [-0.15, -0.1) is 11.8 Å². The normalized spacial score (nSPS) is 15.6. The largest absolute Gasteiger partial charge is 0.350 e. The Morgan fingerprint density at radius 1 is 1.48 bits per heavy atom. The van der Waals surface area contributed by atoms with E-state index in [1.165, 1.54) is 18.1 Å². The number of H-pyrrole nitrogens is 1. The minimum atomic E-state index is -0.440. The van der Waals surface area contributed by atoms with Gasteiger partial charge in [0, 0.05) is 30.6 Å². The number of nitrogens with zero attached hydrogens (tertiary/aromatic N) is 4. The Morgan fingerprint density at radius 3 is 3.09 bits per heavy atom. The van der Waals surface area contributed by atoms with Gasteiger partial charge in [-0.1, -0.05) is 0 Å². The van der Waals surface area contributed by atoms with Crippen LogP contribution in [0.25, 0.3) is 11.2 Å². The molecule has 23 heavy (non-hydrogen) atoms. The first-order chi connectivity index (χ1) is 10.9. The number of carbonyl (C=O) groups excluding carboxylic acids is 1. The molecule has 122 valence electrons. The highest BCUT2D eigenvalue weighted by atomic mass is 32.2. The van der Waals surface area contributed by atoms with Gasteiger partial charge in [-0.3, -0.25) is 4.79 Å². The van der Waals surface area contributed by atoms with Crippen molar-refractivity contribution in [3.63, 3.8) is 0 Å². The fourth-order valence-electron chi connectivity index (χ4n) is 2.15. The molecule has 0 bridgehead atoms. The van der Waals surface area contributed by atoms with Crippen LogP contribution in [0.15, 0.2) is 23.8 Å². The number of rotatable bonds is 4. The maximum Gasteiger partial charge on any atom is 0.259 e. The molecule has 2 aromatic rings. The number of hydrogen-bond acceptors (Lipinski definition) is 7. The van der Waals surface area contributed by atoms with Gasteiger partial charge >= 0.3 is 0 Å². The van der Waals surface area contributed by atoms with Crippen molar-refractivity contribution in [2.45, 2.75) is 19.4 Å². The van der Waals surface area contributed by atoms with E-state index in [0.29, 0.717) is 17.1 Å². The molecule has 9 heteroatoms. The van der Waals surface area contributed by atoms with Gasteiger partial charge in [0.2, 0.25) is 0 Å². The summed E-state index contributed by atoms with van der Waals surface area (Å²) in [5.74, 6) is 1.40. The Bertz CT molecular complexity index is 749. The SMILES string of the molecule is CC(C)(N)CNC(=O)C1=CN(c2ncnc3nc[nH]c23)CCS1. The Morgan fingerprint density at radius 2 is 2.30 bits per heavy atom. The van der Waals surface area contributed by atoms with Crippen LogP contribution < -0.4 is 16.0 Å². The Balaban J connectivity index is 1.81. The van der Waals surface area contributed by atoms with Crippen molar-refractivity contribution in [1.29, 1.82) is 0 Å². The van der Waals surface area contributed by atoms with Crippen molar-refractivity contribution in [2.75, 3.05) is 23.7 Å². The van der Waals surface area contributed by atoms with E-state index >= 15 is 0 Å². The van der Waals surface area contributed by atoms with Crippen LogP contribution >= 0.6 is 11.8 Å². The lowest BCUT2D eigenvalue weighted by Crippen LogP contribution is -2.45. The molecule has 1 amide bonds. The molecule has 0 spiro atoms. The van der Waals surface area contributed by atoms with Crippen molar-refractivity contribution < 1.29 is 4.79 Å². The quantitative estimate of drug-likeness (QED) is 0.751. The number of nitrogens with one attached hydrogen (secondary N) is 2. The molecule has 0 aliphatic carbocycles. The molecule has 0 atom stereocenters. The van der Waals surface area contributed by atoms with Gasteiger partial charge in [0.25, 0.3) is 5.91 Å². The number of amides is 1. The number of anilines is 1. The third-order valence-electron chi connectivity index (χ3n) is 3.27. The van der Waals surface area contributed by atoms with Crippen LogP contribution in [-0.2, 0) is 4.79 Å².